The van der Waals surface area contributed by atoms with Crippen LogP contribution in [0.15, 0.2) is 36.5 Å². The van der Waals surface area contributed by atoms with Gasteiger partial charge in [0.1, 0.15) is 5.75 Å². The van der Waals surface area contributed by atoms with Crippen molar-refractivity contribution in [3.8, 4) is 5.75 Å². The summed E-state index contributed by atoms with van der Waals surface area (Å²) in [5, 5.41) is 7.98. The molecule has 6 nitrogen and oxygen atoms in total. The molecular weight excluding hydrogens is 304 g/mol. The Morgan fingerprint density at radius 1 is 1.29 bits per heavy atom. The second-order valence-corrected chi connectivity index (χ2v) is 5.78. The SMILES string of the molecule is COc1ccc([C@H](C)NC(=O)c2cc(C)nc3c2cnn3C)cc1. The van der Waals surface area contributed by atoms with Crippen molar-refractivity contribution in [2.24, 2.45) is 7.05 Å². The zero-order valence-corrected chi connectivity index (χ0v) is 14.2. The molecular formula is C18H20N4O2. The van der Waals surface area contributed by atoms with Crippen LogP contribution >= 0.6 is 0 Å². The van der Waals surface area contributed by atoms with E-state index in [0.717, 1.165) is 22.4 Å². The molecule has 1 aromatic carbocycles. The number of carbonyl (C=O) groups is 1. The Labute approximate surface area is 140 Å². The topological polar surface area (TPSA) is 69.0 Å². The Bertz CT molecular complexity index is 884. The number of hydrogen-bond donors (Lipinski definition) is 1. The van der Waals surface area contributed by atoms with E-state index in [1.54, 1.807) is 24.1 Å². The molecule has 2 aromatic heterocycles. The van der Waals surface area contributed by atoms with Gasteiger partial charge in [0.25, 0.3) is 5.91 Å². The molecule has 1 atom stereocenters. The van der Waals surface area contributed by atoms with Gasteiger partial charge in [0.05, 0.1) is 30.3 Å². The number of fused-ring (bicyclic) bond motifs is 1. The number of methoxy groups -OCH3 is 1. The van der Waals surface area contributed by atoms with Crippen LogP contribution in [0.5, 0.6) is 5.75 Å². The number of aromatic nitrogens is 3. The highest BCUT2D eigenvalue weighted by molar-refractivity contribution is 6.05. The molecule has 1 N–H and O–H groups in total. The van der Waals surface area contributed by atoms with Crippen LogP contribution in [-0.2, 0) is 7.05 Å². The van der Waals surface area contributed by atoms with Gasteiger partial charge >= 0.3 is 0 Å². The van der Waals surface area contributed by atoms with Gasteiger partial charge in [0.15, 0.2) is 5.65 Å². The van der Waals surface area contributed by atoms with Crippen molar-refractivity contribution >= 4 is 16.9 Å². The minimum Gasteiger partial charge on any atom is -0.497 e. The van der Waals surface area contributed by atoms with Crippen LogP contribution in [0.25, 0.3) is 11.0 Å². The monoisotopic (exact) mass is 324 g/mol. The van der Waals surface area contributed by atoms with E-state index in [9.17, 15) is 4.79 Å². The first kappa shape index (κ1) is 16.0. The average molecular weight is 324 g/mol. The third-order valence-corrected chi connectivity index (χ3v) is 4.04. The molecule has 0 aliphatic rings. The summed E-state index contributed by atoms with van der Waals surface area (Å²) in [5.41, 5.74) is 3.09. The largest absolute Gasteiger partial charge is 0.497 e. The number of nitrogens with zero attached hydrogens (tertiary/aromatic N) is 3. The third-order valence-electron chi connectivity index (χ3n) is 4.04. The van der Waals surface area contributed by atoms with Gasteiger partial charge in [0, 0.05) is 12.7 Å². The lowest BCUT2D eigenvalue weighted by atomic mass is 10.1. The van der Waals surface area contributed by atoms with E-state index in [1.807, 2.05) is 45.2 Å². The Morgan fingerprint density at radius 2 is 2.00 bits per heavy atom. The Kier molecular flexibility index (Phi) is 4.20. The lowest BCUT2D eigenvalue weighted by Crippen LogP contribution is -2.27. The third kappa shape index (κ3) is 2.95. The number of hydrogen-bond acceptors (Lipinski definition) is 4. The summed E-state index contributed by atoms with van der Waals surface area (Å²) in [5.74, 6) is 0.654. The number of rotatable bonds is 4. The summed E-state index contributed by atoms with van der Waals surface area (Å²) < 4.78 is 6.83. The Hall–Kier alpha value is -2.89. The molecule has 0 saturated carbocycles. The van der Waals surface area contributed by atoms with Gasteiger partial charge < -0.3 is 10.1 Å². The molecule has 124 valence electrons. The maximum absolute atomic E-state index is 12.7. The maximum Gasteiger partial charge on any atom is 0.252 e. The zero-order valence-electron chi connectivity index (χ0n) is 14.2. The molecule has 0 fully saturated rings. The molecule has 0 aliphatic carbocycles. The first-order valence-electron chi connectivity index (χ1n) is 7.73. The normalized spacial score (nSPS) is 12.2. The summed E-state index contributed by atoms with van der Waals surface area (Å²) >= 11 is 0. The predicted octanol–water partition coefficient (Wildman–Crippen LogP) is 2.78. The van der Waals surface area contributed by atoms with Crippen LogP contribution in [0.3, 0.4) is 0 Å². The highest BCUT2D eigenvalue weighted by atomic mass is 16.5. The summed E-state index contributed by atoms with van der Waals surface area (Å²) in [6, 6.07) is 9.33. The van der Waals surface area contributed by atoms with E-state index < -0.39 is 0 Å². The van der Waals surface area contributed by atoms with Crippen LogP contribution in [-0.4, -0.2) is 27.8 Å². The molecule has 6 heteroatoms. The highest BCUT2D eigenvalue weighted by Crippen LogP contribution is 2.21. The van der Waals surface area contributed by atoms with Gasteiger partial charge in [-0.1, -0.05) is 12.1 Å². The molecule has 0 spiro atoms. The van der Waals surface area contributed by atoms with E-state index in [1.165, 1.54) is 0 Å². The summed E-state index contributed by atoms with van der Waals surface area (Å²) in [7, 11) is 3.45. The van der Waals surface area contributed by atoms with Crippen molar-refractivity contribution in [1.82, 2.24) is 20.1 Å². The number of aryl methyl sites for hydroxylation is 2. The van der Waals surface area contributed by atoms with Gasteiger partial charge in [-0.2, -0.15) is 5.10 Å². The van der Waals surface area contributed by atoms with E-state index >= 15 is 0 Å². The molecule has 1 amide bonds. The quantitative estimate of drug-likeness (QED) is 0.801. The van der Waals surface area contributed by atoms with E-state index in [0.29, 0.717) is 11.2 Å². The predicted molar refractivity (Wildman–Crippen MR) is 92.1 cm³/mol. The van der Waals surface area contributed by atoms with Gasteiger partial charge in [-0.15, -0.1) is 0 Å². The molecule has 2 heterocycles. The van der Waals surface area contributed by atoms with Crippen molar-refractivity contribution in [3.05, 3.63) is 53.3 Å². The summed E-state index contributed by atoms with van der Waals surface area (Å²) in [6.45, 7) is 3.82. The Balaban J connectivity index is 1.86. The minimum absolute atomic E-state index is 0.122. The number of benzene rings is 1. The second-order valence-electron chi connectivity index (χ2n) is 5.78. The summed E-state index contributed by atoms with van der Waals surface area (Å²) in [6.07, 6.45) is 1.68. The lowest BCUT2D eigenvalue weighted by molar-refractivity contribution is 0.0941. The molecule has 0 bridgehead atoms. The number of ether oxygens (including phenoxy) is 1. The lowest BCUT2D eigenvalue weighted by Gasteiger charge is -2.15. The van der Waals surface area contributed by atoms with Gasteiger partial charge in [-0.25, -0.2) is 4.98 Å². The summed E-state index contributed by atoms with van der Waals surface area (Å²) in [4.78, 5) is 17.2. The number of carbonyl (C=O) groups excluding carboxylic acids is 1. The van der Waals surface area contributed by atoms with Crippen molar-refractivity contribution in [3.63, 3.8) is 0 Å². The zero-order chi connectivity index (χ0) is 17.3. The van der Waals surface area contributed by atoms with E-state index in [2.05, 4.69) is 15.4 Å². The molecule has 24 heavy (non-hydrogen) atoms. The van der Waals surface area contributed by atoms with E-state index in [-0.39, 0.29) is 11.9 Å². The van der Waals surface area contributed by atoms with Crippen molar-refractivity contribution in [2.45, 2.75) is 19.9 Å². The number of amides is 1. The van der Waals surface area contributed by atoms with Gasteiger partial charge in [0.2, 0.25) is 0 Å². The van der Waals surface area contributed by atoms with Crippen LogP contribution in [0.1, 0.15) is 34.6 Å². The highest BCUT2D eigenvalue weighted by Gasteiger charge is 2.17. The number of nitrogens with one attached hydrogen (secondary N) is 1. The van der Waals surface area contributed by atoms with E-state index in [4.69, 9.17) is 4.74 Å². The molecule has 0 aliphatic heterocycles. The fourth-order valence-electron chi connectivity index (χ4n) is 2.68. The van der Waals surface area contributed by atoms with Crippen LogP contribution in [0.2, 0.25) is 0 Å². The van der Waals surface area contributed by atoms with Crippen LogP contribution < -0.4 is 10.1 Å². The van der Waals surface area contributed by atoms with Crippen LogP contribution in [0, 0.1) is 6.92 Å². The van der Waals surface area contributed by atoms with Crippen molar-refractivity contribution in [2.75, 3.05) is 7.11 Å². The first-order chi connectivity index (χ1) is 11.5. The number of pyridine rings is 1. The minimum atomic E-state index is -0.137. The maximum atomic E-state index is 12.7. The van der Waals surface area contributed by atoms with Gasteiger partial charge in [-0.3, -0.25) is 9.48 Å². The smallest absolute Gasteiger partial charge is 0.252 e. The molecule has 3 aromatic rings. The van der Waals surface area contributed by atoms with Crippen molar-refractivity contribution < 1.29 is 9.53 Å². The van der Waals surface area contributed by atoms with Crippen LogP contribution in [0.4, 0.5) is 0 Å². The Morgan fingerprint density at radius 3 is 2.67 bits per heavy atom. The second kappa shape index (κ2) is 6.31. The fourth-order valence-corrected chi connectivity index (χ4v) is 2.68. The molecule has 0 saturated heterocycles. The van der Waals surface area contributed by atoms with Crippen molar-refractivity contribution in [1.29, 1.82) is 0 Å². The standard InChI is InChI=1S/C18H20N4O2/c1-11-9-15(16-10-19-22(3)17(16)20-11)18(23)21-12(2)13-5-7-14(24-4)8-6-13/h5-10,12H,1-4H3,(H,21,23)/t12-/m0/s1. The molecule has 0 radical (unpaired) electrons. The fraction of sp³-hybridized carbons (Fsp3) is 0.278. The average Bonchev–Trinajstić information content (AvgIpc) is 2.95. The first-order valence-corrected chi connectivity index (χ1v) is 7.73. The molecule has 3 rings (SSSR count). The van der Waals surface area contributed by atoms with Gasteiger partial charge in [-0.05, 0) is 37.6 Å². The molecule has 0 unspecified atom stereocenters.